The van der Waals surface area contributed by atoms with Crippen molar-refractivity contribution in [1.82, 2.24) is 0 Å². The van der Waals surface area contributed by atoms with E-state index in [4.69, 9.17) is 23.2 Å². The number of rotatable bonds is 2. The third kappa shape index (κ3) is 3.83. The van der Waals surface area contributed by atoms with Crippen LogP contribution in [0.2, 0.25) is 5.02 Å². The van der Waals surface area contributed by atoms with Crippen LogP contribution in [0.1, 0.15) is 5.56 Å². The van der Waals surface area contributed by atoms with Gasteiger partial charge in [-0.05, 0) is 18.2 Å². The number of alkyl halides is 4. The number of thioether (sulfide) groups is 1. The van der Waals surface area contributed by atoms with E-state index in [9.17, 15) is 26.4 Å². The minimum Gasteiger partial charge on any atom is -0.314 e. The summed E-state index contributed by atoms with van der Waals surface area (Å²) < 4.78 is 63.1. The predicted octanol–water partition coefficient (Wildman–Crippen LogP) is 3.20. The average Bonchev–Trinajstić information content (AvgIpc) is 2.97. The summed E-state index contributed by atoms with van der Waals surface area (Å²) in [4.78, 5) is 16.7. The number of anilines is 1. The molecular weight excluding hydrogens is 436 g/mol. The molecule has 0 unspecified atom stereocenters. The fraction of sp³-hybridized carbons (Fsp3) is 0.429. The van der Waals surface area contributed by atoms with E-state index in [0.717, 1.165) is 30.0 Å². The Morgan fingerprint density at radius 1 is 1.35 bits per heavy atom. The topological polar surface area (TPSA) is 66.8 Å². The van der Waals surface area contributed by atoms with Gasteiger partial charge < -0.3 is 4.90 Å². The monoisotopic (exact) mass is 446 g/mol. The van der Waals surface area contributed by atoms with Crippen LogP contribution in [-0.4, -0.2) is 48.2 Å². The Labute approximate surface area is 161 Å². The molecule has 2 fully saturated rings. The van der Waals surface area contributed by atoms with Crippen LogP contribution in [0, 0.1) is 0 Å². The van der Waals surface area contributed by atoms with Gasteiger partial charge in [-0.2, -0.15) is 18.2 Å². The van der Waals surface area contributed by atoms with Gasteiger partial charge in [0.25, 0.3) is 5.91 Å². The molecular formula is C14H11Cl2F3N2O3S2. The van der Waals surface area contributed by atoms with E-state index in [1.807, 2.05) is 0 Å². The number of sulfone groups is 1. The molecule has 0 aromatic heterocycles. The highest BCUT2D eigenvalue weighted by atomic mass is 35.5. The molecule has 1 aromatic carbocycles. The Kier molecular flexibility index (Phi) is 5.24. The molecule has 1 amide bonds. The summed E-state index contributed by atoms with van der Waals surface area (Å²) in [5.74, 6) is -1.48. The summed E-state index contributed by atoms with van der Waals surface area (Å²) in [6.07, 6.45) is -4.60. The molecule has 0 aliphatic carbocycles. The molecule has 26 heavy (non-hydrogen) atoms. The summed E-state index contributed by atoms with van der Waals surface area (Å²) in [6, 6.07) is 2.09. The Balaban J connectivity index is 2.11. The highest BCUT2D eigenvalue weighted by Gasteiger charge is 2.50. The zero-order valence-electron chi connectivity index (χ0n) is 12.8. The van der Waals surface area contributed by atoms with Crippen LogP contribution in [0.5, 0.6) is 0 Å². The molecule has 0 bridgehead atoms. The lowest BCUT2D eigenvalue weighted by atomic mass is 10.1. The molecule has 0 spiro atoms. The van der Waals surface area contributed by atoms with Gasteiger partial charge in [-0.3, -0.25) is 4.79 Å². The maximum atomic E-state index is 13.1. The number of amides is 1. The van der Waals surface area contributed by atoms with Crippen molar-refractivity contribution in [1.29, 1.82) is 0 Å². The Bertz CT molecular complexity index is 890. The number of aliphatic imine (C=N–C) groups is 1. The van der Waals surface area contributed by atoms with E-state index in [0.29, 0.717) is 0 Å². The van der Waals surface area contributed by atoms with Gasteiger partial charge in [0, 0.05) is 5.25 Å². The van der Waals surface area contributed by atoms with Crippen LogP contribution >= 0.6 is 35.0 Å². The molecule has 142 valence electrons. The normalized spacial score (nSPS) is 26.3. The SMILES string of the molecule is O=C(CCl)N=C1S[C@@H]2CS(=O)(=O)C[C@@H]2N1c1cc(C(F)(F)F)ccc1Cl. The lowest BCUT2D eigenvalue weighted by Crippen LogP contribution is -2.38. The molecule has 2 heterocycles. The zero-order valence-corrected chi connectivity index (χ0v) is 16.0. The molecule has 0 radical (unpaired) electrons. The Hall–Kier alpha value is -0.970. The number of carbonyl (C=O) groups excluding carboxylic acids is 1. The van der Waals surface area contributed by atoms with Crippen LogP contribution in [-0.2, 0) is 20.8 Å². The zero-order chi connectivity index (χ0) is 19.3. The number of halogens is 5. The maximum Gasteiger partial charge on any atom is 0.416 e. The number of benzene rings is 1. The molecule has 1 aromatic rings. The van der Waals surface area contributed by atoms with E-state index >= 15 is 0 Å². The van der Waals surface area contributed by atoms with Crippen molar-refractivity contribution in [2.75, 3.05) is 22.3 Å². The number of carbonyl (C=O) groups is 1. The molecule has 0 N–H and O–H groups in total. The van der Waals surface area contributed by atoms with Gasteiger partial charge in [0.2, 0.25) is 0 Å². The predicted molar refractivity (Wildman–Crippen MR) is 95.9 cm³/mol. The third-order valence-electron chi connectivity index (χ3n) is 3.93. The smallest absolute Gasteiger partial charge is 0.314 e. The van der Waals surface area contributed by atoms with Crippen molar-refractivity contribution in [3.05, 3.63) is 28.8 Å². The number of amidine groups is 1. The number of hydrogen-bond donors (Lipinski definition) is 0. The molecule has 5 nitrogen and oxygen atoms in total. The lowest BCUT2D eigenvalue weighted by Gasteiger charge is -2.26. The van der Waals surface area contributed by atoms with Gasteiger partial charge in [-0.1, -0.05) is 23.4 Å². The molecule has 2 aliphatic heterocycles. The molecule has 12 heteroatoms. The Morgan fingerprint density at radius 2 is 2.04 bits per heavy atom. The van der Waals surface area contributed by atoms with Gasteiger partial charge in [-0.15, -0.1) is 11.6 Å². The van der Waals surface area contributed by atoms with Crippen molar-refractivity contribution in [3.63, 3.8) is 0 Å². The van der Waals surface area contributed by atoms with Crippen LogP contribution in [0.25, 0.3) is 0 Å². The second kappa shape index (κ2) is 6.88. The summed E-state index contributed by atoms with van der Waals surface area (Å²) in [5, 5.41) is -0.358. The first-order chi connectivity index (χ1) is 12.0. The van der Waals surface area contributed by atoms with Crippen molar-refractivity contribution in [2.45, 2.75) is 17.5 Å². The van der Waals surface area contributed by atoms with E-state index in [2.05, 4.69) is 4.99 Å². The molecule has 2 atom stereocenters. The van der Waals surface area contributed by atoms with E-state index in [1.54, 1.807) is 0 Å². The number of nitrogens with zero attached hydrogens (tertiary/aromatic N) is 2. The van der Waals surface area contributed by atoms with Gasteiger partial charge in [0.15, 0.2) is 15.0 Å². The lowest BCUT2D eigenvalue weighted by molar-refractivity contribution is -0.137. The second-order valence-corrected chi connectivity index (χ2v) is 9.79. The Morgan fingerprint density at radius 3 is 2.65 bits per heavy atom. The second-order valence-electron chi connectivity index (χ2n) is 5.76. The fourth-order valence-electron chi connectivity index (χ4n) is 2.86. The van der Waals surface area contributed by atoms with Crippen molar-refractivity contribution < 1.29 is 26.4 Å². The fourth-order valence-corrected chi connectivity index (χ4v) is 7.05. The quantitative estimate of drug-likeness (QED) is 0.652. The maximum absolute atomic E-state index is 13.1. The first kappa shape index (κ1) is 19.8. The van der Waals surface area contributed by atoms with Gasteiger partial charge in [0.1, 0.15) is 5.88 Å². The van der Waals surface area contributed by atoms with Gasteiger partial charge in [-0.25, -0.2) is 8.42 Å². The number of hydrogen-bond acceptors (Lipinski definition) is 4. The van der Waals surface area contributed by atoms with E-state index in [-0.39, 0.29) is 27.4 Å². The van der Waals surface area contributed by atoms with Crippen LogP contribution in [0.4, 0.5) is 18.9 Å². The van der Waals surface area contributed by atoms with Crippen LogP contribution in [0.3, 0.4) is 0 Å². The third-order valence-corrected chi connectivity index (χ3v) is 7.69. The summed E-state index contributed by atoms with van der Waals surface area (Å²) >= 11 is 12.6. The van der Waals surface area contributed by atoms with Crippen LogP contribution in [0.15, 0.2) is 23.2 Å². The number of fused-ring (bicyclic) bond motifs is 1. The molecule has 2 aliphatic rings. The van der Waals surface area contributed by atoms with E-state index < -0.39 is 44.7 Å². The minimum atomic E-state index is -4.60. The van der Waals surface area contributed by atoms with Crippen molar-refractivity contribution in [3.8, 4) is 0 Å². The summed E-state index contributed by atoms with van der Waals surface area (Å²) in [7, 11) is -3.35. The summed E-state index contributed by atoms with van der Waals surface area (Å²) in [6.45, 7) is 0. The van der Waals surface area contributed by atoms with Crippen LogP contribution < -0.4 is 4.90 Å². The summed E-state index contributed by atoms with van der Waals surface area (Å²) in [5.41, 5.74) is -0.978. The van der Waals surface area contributed by atoms with Gasteiger partial charge >= 0.3 is 6.18 Å². The van der Waals surface area contributed by atoms with Gasteiger partial charge in [0.05, 0.1) is 33.8 Å². The molecule has 3 rings (SSSR count). The first-order valence-electron chi connectivity index (χ1n) is 7.22. The first-order valence-corrected chi connectivity index (χ1v) is 10.8. The average molecular weight is 447 g/mol. The van der Waals surface area contributed by atoms with E-state index in [1.165, 1.54) is 4.90 Å². The molecule has 2 saturated heterocycles. The highest BCUT2D eigenvalue weighted by Crippen LogP contribution is 2.44. The highest BCUT2D eigenvalue weighted by molar-refractivity contribution is 8.16. The standard InChI is InChI=1S/C14H11Cl2F3N2O3S2/c15-4-12(22)20-13-21(10-5-26(23,24)6-11(10)25-13)9-3-7(14(17,18)19)1-2-8(9)16/h1-3,10-11H,4-6H2/t10-,11+/m0/s1. The molecule has 0 saturated carbocycles. The van der Waals surface area contributed by atoms with Crippen molar-refractivity contribution in [2.24, 2.45) is 4.99 Å². The minimum absolute atomic E-state index is 0.00503. The largest absolute Gasteiger partial charge is 0.416 e. The van der Waals surface area contributed by atoms with Crippen molar-refractivity contribution >= 4 is 61.6 Å².